The molecule has 3 atom stereocenters. The SMILES string of the molecule is OCC1(CO)O[C@H](COCc2ccccc2)[C@@H](OCc2ccccc2)[C@@H]1OCc1ccccc1. The molecule has 0 spiro atoms. The molecular formula is C28H32O6. The molecule has 3 aromatic rings. The molecule has 1 saturated heterocycles. The standard InChI is InChI=1S/C28H32O6/c29-20-28(21-30)27(33-18-24-14-8-3-9-15-24)26(32-17-23-12-6-2-7-13-23)25(34-28)19-31-16-22-10-4-1-5-11-22/h1-15,25-27,29-30H,16-21H2/t25-,26-,27+/m1/s1. The zero-order chi connectivity index (χ0) is 23.6. The third kappa shape index (κ3) is 6.10. The van der Waals surface area contributed by atoms with Gasteiger partial charge in [0.05, 0.1) is 39.6 Å². The van der Waals surface area contributed by atoms with Gasteiger partial charge < -0.3 is 29.2 Å². The largest absolute Gasteiger partial charge is 0.393 e. The molecule has 0 unspecified atom stereocenters. The van der Waals surface area contributed by atoms with E-state index < -0.39 is 37.1 Å². The Balaban J connectivity index is 1.50. The molecule has 1 aliphatic rings. The number of hydrogen-bond acceptors (Lipinski definition) is 6. The first-order valence-corrected chi connectivity index (χ1v) is 11.6. The second kappa shape index (κ2) is 12.2. The maximum atomic E-state index is 10.2. The van der Waals surface area contributed by atoms with Gasteiger partial charge in [-0.1, -0.05) is 91.0 Å². The lowest BCUT2D eigenvalue weighted by molar-refractivity contribution is -0.160. The van der Waals surface area contributed by atoms with Crippen LogP contribution in [0.2, 0.25) is 0 Å². The fourth-order valence-corrected chi connectivity index (χ4v) is 4.20. The molecule has 3 aromatic carbocycles. The number of rotatable bonds is 12. The Morgan fingerprint density at radius 1 is 0.647 bits per heavy atom. The van der Waals surface area contributed by atoms with Crippen molar-refractivity contribution in [2.24, 2.45) is 0 Å². The van der Waals surface area contributed by atoms with Crippen LogP contribution in [-0.2, 0) is 38.8 Å². The molecule has 4 rings (SSSR count). The van der Waals surface area contributed by atoms with Crippen molar-refractivity contribution in [2.45, 2.75) is 43.7 Å². The van der Waals surface area contributed by atoms with E-state index in [9.17, 15) is 10.2 Å². The van der Waals surface area contributed by atoms with E-state index in [0.717, 1.165) is 16.7 Å². The molecule has 180 valence electrons. The molecule has 0 amide bonds. The summed E-state index contributed by atoms with van der Waals surface area (Å²) < 4.78 is 24.7. The summed E-state index contributed by atoms with van der Waals surface area (Å²) in [5.41, 5.74) is 1.75. The first-order chi connectivity index (χ1) is 16.7. The van der Waals surface area contributed by atoms with Crippen molar-refractivity contribution in [1.29, 1.82) is 0 Å². The molecule has 0 aromatic heterocycles. The maximum Gasteiger partial charge on any atom is 0.143 e. The van der Waals surface area contributed by atoms with Crippen LogP contribution in [0.15, 0.2) is 91.0 Å². The van der Waals surface area contributed by atoms with Crippen molar-refractivity contribution in [3.8, 4) is 0 Å². The number of aliphatic hydroxyl groups excluding tert-OH is 2. The lowest BCUT2D eigenvalue weighted by atomic mass is 9.95. The van der Waals surface area contributed by atoms with E-state index in [1.54, 1.807) is 0 Å². The van der Waals surface area contributed by atoms with Gasteiger partial charge in [0, 0.05) is 0 Å². The fraction of sp³-hybridized carbons (Fsp3) is 0.357. The summed E-state index contributed by atoms with van der Waals surface area (Å²) >= 11 is 0. The van der Waals surface area contributed by atoms with Gasteiger partial charge in [0.1, 0.15) is 23.9 Å². The highest BCUT2D eigenvalue weighted by atomic mass is 16.6. The van der Waals surface area contributed by atoms with Crippen LogP contribution >= 0.6 is 0 Å². The first-order valence-electron chi connectivity index (χ1n) is 11.6. The van der Waals surface area contributed by atoms with Crippen molar-refractivity contribution in [2.75, 3.05) is 19.8 Å². The zero-order valence-corrected chi connectivity index (χ0v) is 19.2. The van der Waals surface area contributed by atoms with Crippen LogP contribution in [0.3, 0.4) is 0 Å². The Bertz CT molecular complexity index is 962. The number of benzene rings is 3. The van der Waals surface area contributed by atoms with E-state index in [1.807, 2.05) is 91.0 Å². The lowest BCUT2D eigenvalue weighted by Crippen LogP contribution is -2.51. The average molecular weight is 465 g/mol. The van der Waals surface area contributed by atoms with Crippen LogP contribution in [0, 0.1) is 0 Å². The molecule has 1 fully saturated rings. The third-order valence-corrected chi connectivity index (χ3v) is 6.06. The van der Waals surface area contributed by atoms with Crippen LogP contribution < -0.4 is 0 Å². The van der Waals surface area contributed by atoms with Crippen LogP contribution in [0.4, 0.5) is 0 Å². The molecule has 0 saturated carbocycles. The van der Waals surface area contributed by atoms with Gasteiger partial charge in [-0.2, -0.15) is 0 Å². The Morgan fingerprint density at radius 3 is 1.62 bits per heavy atom. The highest BCUT2D eigenvalue weighted by Gasteiger charge is 2.56. The van der Waals surface area contributed by atoms with Gasteiger partial charge in [-0.15, -0.1) is 0 Å². The molecule has 0 bridgehead atoms. The van der Waals surface area contributed by atoms with Gasteiger partial charge in [0.2, 0.25) is 0 Å². The molecule has 6 nitrogen and oxygen atoms in total. The Kier molecular flexibility index (Phi) is 8.82. The zero-order valence-electron chi connectivity index (χ0n) is 19.2. The molecular weight excluding hydrogens is 432 g/mol. The maximum absolute atomic E-state index is 10.2. The topological polar surface area (TPSA) is 77.4 Å². The van der Waals surface area contributed by atoms with E-state index in [1.165, 1.54) is 0 Å². The van der Waals surface area contributed by atoms with E-state index in [2.05, 4.69) is 0 Å². The summed E-state index contributed by atoms with van der Waals surface area (Å²) in [6, 6.07) is 29.5. The molecule has 34 heavy (non-hydrogen) atoms. The van der Waals surface area contributed by atoms with E-state index in [4.69, 9.17) is 18.9 Å². The van der Waals surface area contributed by atoms with Gasteiger partial charge in [0.25, 0.3) is 0 Å². The summed E-state index contributed by atoms with van der Waals surface area (Å²) in [7, 11) is 0. The lowest BCUT2D eigenvalue weighted by Gasteiger charge is -2.32. The van der Waals surface area contributed by atoms with Crippen molar-refractivity contribution in [3.63, 3.8) is 0 Å². The van der Waals surface area contributed by atoms with E-state index in [0.29, 0.717) is 19.8 Å². The van der Waals surface area contributed by atoms with Crippen molar-refractivity contribution in [3.05, 3.63) is 108 Å². The van der Waals surface area contributed by atoms with Crippen LogP contribution in [0.25, 0.3) is 0 Å². The average Bonchev–Trinajstić information content (AvgIpc) is 3.20. The Hall–Kier alpha value is -2.58. The molecule has 0 aliphatic carbocycles. The highest BCUT2D eigenvalue weighted by Crippen LogP contribution is 2.36. The second-order valence-electron chi connectivity index (χ2n) is 8.52. The van der Waals surface area contributed by atoms with E-state index in [-0.39, 0.29) is 6.61 Å². The molecule has 0 radical (unpaired) electrons. The predicted octanol–water partition coefficient (Wildman–Crippen LogP) is 3.50. The minimum absolute atomic E-state index is 0.237. The highest BCUT2D eigenvalue weighted by molar-refractivity contribution is 5.16. The number of ether oxygens (including phenoxy) is 4. The monoisotopic (exact) mass is 464 g/mol. The number of hydrogen-bond donors (Lipinski definition) is 2. The van der Waals surface area contributed by atoms with Crippen molar-refractivity contribution in [1.82, 2.24) is 0 Å². The van der Waals surface area contributed by atoms with Crippen LogP contribution in [-0.4, -0.2) is 53.9 Å². The fourth-order valence-electron chi connectivity index (χ4n) is 4.20. The minimum atomic E-state index is -1.29. The summed E-state index contributed by atoms with van der Waals surface area (Å²) in [6.07, 6.45) is -1.75. The summed E-state index contributed by atoms with van der Waals surface area (Å²) in [5, 5.41) is 20.5. The van der Waals surface area contributed by atoms with E-state index >= 15 is 0 Å². The minimum Gasteiger partial charge on any atom is -0.393 e. The summed E-state index contributed by atoms with van der Waals surface area (Å²) in [4.78, 5) is 0. The van der Waals surface area contributed by atoms with Gasteiger partial charge in [0.15, 0.2) is 0 Å². The molecule has 2 N–H and O–H groups in total. The molecule has 1 aliphatic heterocycles. The Morgan fingerprint density at radius 2 is 1.12 bits per heavy atom. The molecule has 1 heterocycles. The van der Waals surface area contributed by atoms with Gasteiger partial charge in [-0.3, -0.25) is 0 Å². The van der Waals surface area contributed by atoms with Gasteiger partial charge in [-0.25, -0.2) is 0 Å². The first kappa shape index (κ1) is 24.5. The van der Waals surface area contributed by atoms with Gasteiger partial charge >= 0.3 is 0 Å². The third-order valence-electron chi connectivity index (χ3n) is 6.06. The van der Waals surface area contributed by atoms with Crippen molar-refractivity contribution >= 4 is 0 Å². The summed E-state index contributed by atoms with van der Waals surface area (Å²) in [6.45, 7) is 0.516. The van der Waals surface area contributed by atoms with Crippen LogP contribution in [0.5, 0.6) is 0 Å². The summed E-state index contributed by atoms with van der Waals surface area (Å²) in [5.74, 6) is 0. The predicted molar refractivity (Wildman–Crippen MR) is 128 cm³/mol. The number of aliphatic hydroxyl groups is 2. The normalized spacial score (nSPS) is 21.5. The van der Waals surface area contributed by atoms with Crippen LogP contribution in [0.1, 0.15) is 16.7 Å². The van der Waals surface area contributed by atoms with Gasteiger partial charge in [-0.05, 0) is 16.7 Å². The smallest absolute Gasteiger partial charge is 0.143 e. The van der Waals surface area contributed by atoms with Crippen molar-refractivity contribution < 1.29 is 29.2 Å². The Labute approximate surface area is 200 Å². The second-order valence-corrected chi connectivity index (χ2v) is 8.52. The molecule has 6 heteroatoms. The quantitative estimate of drug-likeness (QED) is 0.427.